The first-order valence-electron chi connectivity index (χ1n) is 9.01. The van der Waals surface area contributed by atoms with Crippen LogP contribution in [0.5, 0.6) is 17.2 Å². The van der Waals surface area contributed by atoms with E-state index < -0.39 is 17.9 Å². The van der Waals surface area contributed by atoms with E-state index in [1.165, 1.54) is 12.7 Å². The minimum Gasteiger partial charge on any atom is -0.493 e. The second-order valence-corrected chi connectivity index (χ2v) is 6.46. The van der Waals surface area contributed by atoms with Gasteiger partial charge in [0.1, 0.15) is 5.75 Å². The van der Waals surface area contributed by atoms with Crippen LogP contribution in [-0.2, 0) is 9.59 Å². The first kappa shape index (κ1) is 21.1. The average molecular weight is 386 g/mol. The molecule has 0 saturated carbocycles. The number of carbonyl (C=O) groups is 2. The summed E-state index contributed by atoms with van der Waals surface area (Å²) < 4.78 is 16.1. The Bertz CT molecular complexity index is 790. The van der Waals surface area contributed by atoms with Crippen molar-refractivity contribution in [3.63, 3.8) is 0 Å². The van der Waals surface area contributed by atoms with Crippen LogP contribution in [0.4, 0.5) is 0 Å². The lowest BCUT2D eigenvalue weighted by Crippen LogP contribution is -2.48. The van der Waals surface area contributed by atoms with Gasteiger partial charge in [-0.1, -0.05) is 38.1 Å². The van der Waals surface area contributed by atoms with Gasteiger partial charge in [0.25, 0.3) is 11.8 Å². The number of hydrazine groups is 1. The Labute approximate surface area is 165 Å². The van der Waals surface area contributed by atoms with Gasteiger partial charge in [-0.15, -0.1) is 0 Å². The number of para-hydroxylation sites is 2. The van der Waals surface area contributed by atoms with Crippen molar-refractivity contribution in [3.8, 4) is 17.2 Å². The predicted molar refractivity (Wildman–Crippen MR) is 105 cm³/mol. The van der Waals surface area contributed by atoms with Gasteiger partial charge in [-0.3, -0.25) is 20.4 Å². The maximum absolute atomic E-state index is 12.1. The van der Waals surface area contributed by atoms with Crippen molar-refractivity contribution >= 4 is 11.8 Å². The molecule has 2 aromatic carbocycles. The molecule has 28 heavy (non-hydrogen) atoms. The van der Waals surface area contributed by atoms with Crippen molar-refractivity contribution in [1.82, 2.24) is 10.9 Å². The fourth-order valence-corrected chi connectivity index (χ4v) is 2.34. The van der Waals surface area contributed by atoms with E-state index >= 15 is 0 Å². The molecular formula is C21H26N2O5. The summed E-state index contributed by atoms with van der Waals surface area (Å²) in [6.07, 6.45) is -0.777. The highest BCUT2D eigenvalue weighted by Crippen LogP contribution is 2.25. The number of carbonyl (C=O) groups excluding carboxylic acids is 2. The zero-order valence-corrected chi connectivity index (χ0v) is 16.5. The molecule has 7 heteroatoms. The fourth-order valence-electron chi connectivity index (χ4n) is 2.34. The lowest BCUT2D eigenvalue weighted by Gasteiger charge is -2.16. The van der Waals surface area contributed by atoms with Crippen LogP contribution in [0, 0.1) is 0 Å². The van der Waals surface area contributed by atoms with E-state index in [1.807, 2.05) is 24.3 Å². The third kappa shape index (κ3) is 6.19. The van der Waals surface area contributed by atoms with Gasteiger partial charge in [0.15, 0.2) is 24.2 Å². The number of nitrogens with one attached hydrogen (secondary N) is 2. The molecule has 2 N–H and O–H groups in total. The van der Waals surface area contributed by atoms with E-state index in [2.05, 4.69) is 24.7 Å². The van der Waals surface area contributed by atoms with E-state index in [1.54, 1.807) is 31.2 Å². The summed E-state index contributed by atoms with van der Waals surface area (Å²) in [6, 6.07) is 14.5. The van der Waals surface area contributed by atoms with Crippen LogP contribution in [0.1, 0.15) is 32.3 Å². The third-order valence-corrected chi connectivity index (χ3v) is 3.98. The molecule has 0 aliphatic carbocycles. The molecule has 2 aromatic rings. The van der Waals surface area contributed by atoms with Gasteiger partial charge < -0.3 is 14.2 Å². The van der Waals surface area contributed by atoms with Gasteiger partial charge in [0.2, 0.25) is 0 Å². The van der Waals surface area contributed by atoms with E-state index in [4.69, 9.17) is 14.2 Å². The van der Waals surface area contributed by atoms with Crippen LogP contribution in [-0.4, -0.2) is 31.6 Å². The van der Waals surface area contributed by atoms with E-state index in [9.17, 15) is 9.59 Å². The molecule has 0 fully saturated rings. The van der Waals surface area contributed by atoms with Crippen molar-refractivity contribution in [3.05, 3.63) is 54.1 Å². The summed E-state index contributed by atoms with van der Waals surface area (Å²) >= 11 is 0. The van der Waals surface area contributed by atoms with E-state index in [0.717, 1.165) is 0 Å². The van der Waals surface area contributed by atoms with Crippen LogP contribution in [0.25, 0.3) is 0 Å². The predicted octanol–water partition coefficient (Wildman–Crippen LogP) is 2.81. The van der Waals surface area contributed by atoms with Crippen LogP contribution in [0.2, 0.25) is 0 Å². The Balaban J connectivity index is 1.76. The third-order valence-electron chi connectivity index (χ3n) is 3.98. The standard InChI is InChI=1S/C21H26N2O5/c1-14(2)16-9-11-17(12-10-16)28-15(3)21(25)23-22-20(24)13-27-19-8-6-5-7-18(19)26-4/h5-12,14-15H,13H2,1-4H3,(H,22,24)(H,23,25)/t15-/m0/s1. The molecule has 0 unspecified atom stereocenters. The van der Waals surface area contributed by atoms with Gasteiger partial charge in [-0.05, 0) is 42.7 Å². The molecule has 150 valence electrons. The molecule has 0 aromatic heterocycles. The highest BCUT2D eigenvalue weighted by molar-refractivity contribution is 5.85. The van der Waals surface area contributed by atoms with Crippen LogP contribution in [0.15, 0.2) is 48.5 Å². The van der Waals surface area contributed by atoms with Crippen molar-refractivity contribution in [1.29, 1.82) is 0 Å². The van der Waals surface area contributed by atoms with Crippen LogP contribution < -0.4 is 25.1 Å². The number of hydrogen-bond acceptors (Lipinski definition) is 5. The van der Waals surface area contributed by atoms with Crippen LogP contribution in [0.3, 0.4) is 0 Å². The topological polar surface area (TPSA) is 85.9 Å². The molecule has 2 rings (SSSR count). The summed E-state index contributed by atoms with van der Waals surface area (Å²) in [6.45, 7) is 5.54. The number of methoxy groups -OCH3 is 1. The zero-order chi connectivity index (χ0) is 20.5. The Hall–Kier alpha value is -3.22. The zero-order valence-electron chi connectivity index (χ0n) is 16.5. The van der Waals surface area contributed by atoms with E-state index in [-0.39, 0.29) is 6.61 Å². The van der Waals surface area contributed by atoms with Gasteiger partial charge in [-0.2, -0.15) is 0 Å². The minimum absolute atomic E-state index is 0.271. The fraction of sp³-hybridized carbons (Fsp3) is 0.333. The summed E-state index contributed by atoms with van der Waals surface area (Å²) in [5.74, 6) is 0.977. The molecule has 0 aliphatic rings. The Morgan fingerprint density at radius 1 is 0.929 bits per heavy atom. The van der Waals surface area contributed by atoms with Gasteiger partial charge in [0, 0.05) is 0 Å². The van der Waals surface area contributed by atoms with E-state index in [0.29, 0.717) is 23.2 Å². The summed E-state index contributed by atoms with van der Waals surface area (Å²) in [5.41, 5.74) is 5.81. The summed E-state index contributed by atoms with van der Waals surface area (Å²) in [5, 5.41) is 0. The SMILES string of the molecule is COc1ccccc1OCC(=O)NNC(=O)[C@H](C)Oc1ccc(C(C)C)cc1. The van der Waals surface area contributed by atoms with Crippen LogP contribution >= 0.6 is 0 Å². The van der Waals surface area contributed by atoms with Crippen molar-refractivity contribution in [2.24, 2.45) is 0 Å². The van der Waals surface area contributed by atoms with Crippen molar-refractivity contribution in [2.75, 3.05) is 13.7 Å². The number of amides is 2. The quantitative estimate of drug-likeness (QED) is 0.682. The molecule has 0 radical (unpaired) electrons. The lowest BCUT2D eigenvalue weighted by molar-refractivity contribution is -0.133. The number of hydrogen-bond donors (Lipinski definition) is 2. The molecule has 2 amide bonds. The summed E-state index contributed by atoms with van der Waals surface area (Å²) in [7, 11) is 1.51. The molecule has 0 aliphatic heterocycles. The number of ether oxygens (including phenoxy) is 3. The largest absolute Gasteiger partial charge is 0.493 e. The first-order valence-corrected chi connectivity index (χ1v) is 9.01. The lowest BCUT2D eigenvalue weighted by atomic mass is 10.0. The van der Waals surface area contributed by atoms with Gasteiger partial charge in [0.05, 0.1) is 7.11 Å². The molecule has 7 nitrogen and oxygen atoms in total. The first-order chi connectivity index (χ1) is 13.4. The normalized spacial score (nSPS) is 11.5. The molecule has 0 saturated heterocycles. The Morgan fingerprint density at radius 3 is 2.18 bits per heavy atom. The monoisotopic (exact) mass is 386 g/mol. The molecule has 0 spiro atoms. The Morgan fingerprint density at radius 2 is 1.57 bits per heavy atom. The molecular weight excluding hydrogens is 360 g/mol. The minimum atomic E-state index is -0.777. The number of benzene rings is 2. The summed E-state index contributed by atoms with van der Waals surface area (Å²) in [4.78, 5) is 24.0. The molecule has 0 heterocycles. The van der Waals surface area contributed by atoms with Gasteiger partial charge >= 0.3 is 0 Å². The second-order valence-electron chi connectivity index (χ2n) is 6.46. The molecule has 0 bridgehead atoms. The Kier molecular flexibility index (Phi) is 7.68. The molecule has 1 atom stereocenters. The van der Waals surface area contributed by atoms with Crippen molar-refractivity contribution in [2.45, 2.75) is 32.8 Å². The smallest absolute Gasteiger partial charge is 0.279 e. The maximum atomic E-state index is 12.1. The number of rotatable bonds is 8. The van der Waals surface area contributed by atoms with Gasteiger partial charge in [-0.25, -0.2) is 0 Å². The average Bonchev–Trinajstić information content (AvgIpc) is 2.70. The van der Waals surface area contributed by atoms with Crippen molar-refractivity contribution < 1.29 is 23.8 Å². The maximum Gasteiger partial charge on any atom is 0.279 e. The highest BCUT2D eigenvalue weighted by atomic mass is 16.5. The highest BCUT2D eigenvalue weighted by Gasteiger charge is 2.16. The second kappa shape index (κ2) is 10.2.